The summed E-state index contributed by atoms with van der Waals surface area (Å²) in [5.74, 6) is -2.73. The zero-order chi connectivity index (χ0) is 30.2. The van der Waals surface area contributed by atoms with E-state index in [2.05, 4.69) is 16.0 Å². The lowest BCUT2D eigenvalue weighted by atomic mass is 9.92. The van der Waals surface area contributed by atoms with Crippen molar-refractivity contribution in [2.75, 3.05) is 13.7 Å². The second-order valence-electron chi connectivity index (χ2n) is 11.6. The van der Waals surface area contributed by atoms with Gasteiger partial charge in [0.15, 0.2) is 5.78 Å². The molecular formula is C28H50N4O7. The van der Waals surface area contributed by atoms with Gasteiger partial charge in [0.1, 0.15) is 23.7 Å². The lowest BCUT2D eigenvalue weighted by Gasteiger charge is -2.34. The molecule has 0 radical (unpaired) electrons. The predicted octanol–water partition coefficient (Wildman–Crippen LogP) is 1.16. The third-order valence-corrected chi connectivity index (χ3v) is 7.66. The number of likely N-dealkylation sites (N-methyl/N-ethyl adjacent to an activating group) is 1. The van der Waals surface area contributed by atoms with Crippen LogP contribution in [0.15, 0.2) is 0 Å². The molecule has 0 aromatic rings. The first-order chi connectivity index (χ1) is 18.0. The lowest BCUT2D eigenvalue weighted by molar-refractivity contribution is -0.141. The molecule has 0 saturated carbocycles. The van der Waals surface area contributed by atoms with Crippen molar-refractivity contribution in [2.24, 2.45) is 17.8 Å². The average molecular weight is 555 g/mol. The standard InChI is InChI=1S/C28H50N4O7/c1-11-16(5)21(30-27(38)23(17(6)12-2)32(10)19(8)34)25(36)31-22(18(7)33)26(37)29-20(13-15(3)4)24(35)28(9)14-39-28/h15-18,20-23,33H,11-14H2,1-10H3,(H,29,37)(H,30,38)(H,31,36)/t16?,17-,18+,20?,21?,22-,23-,28+/m0/s1. The second-order valence-corrected chi connectivity index (χ2v) is 11.6. The van der Waals surface area contributed by atoms with Gasteiger partial charge in [-0.25, -0.2) is 0 Å². The molecule has 224 valence electrons. The molecule has 1 aliphatic rings. The number of aliphatic hydroxyl groups is 1. The first kappa shape index (κ1) is 34.5. The minimum absolute atomic E-state index is 0.0952. The van der Waals surface area contributed by atoms with Gasteiger partial charge in [-0.05, 0) is 38.0 Å². The number of amides is 4. The zero-order valence-electron chi connectivity index (χ0n) is 25.3. The number of aliphatic hydroxyl groups excluding tert-OH is 1. The Kier molecular flexibility index (Phi) is 13.0. The minimum Gasteiger partial charge on any atom is -0.391 e. The number of nitrogens with zero attached hydrogens (tertiary/aromatic N) is 1. The largest absolute Gasteiger partial charge is 0.391 e. The van der Waals surface area contributed by atoms with Gasteiger partial charge in [0.25, 0.3) is 0 Å². The van der Waals surface area contributed by atoms with Crippen LogP contribution in [-0.2, 0) is 28.7 Å². The fourth-order valence-electron chi connectivity index (χ4n) is 4.41. The molecule has 11 nitrogen and oxygen atoms in total. The van der Waals surface area contributed by atoms with Crippen molar-refractivity contribution >= 4 is 29.4 Å². The Morgan fingerprint density at radius 2 is 1.36 bits per heavy atom. The highest BCUT2D eigenvalue weighted by Crippen LogP contribution is 2.29. The Morgan fingerprint density at radius 3 is 1.77 bits per heavy atom. The molecule has 1 rings (SSSR count). The molecule has 1 aliphatic heterocycles. The van der Waals surface area contributed by atoms with Crippen LogP contribution in [0, 0.1) is 17.8 Å². The van der Waals surface area contributed by atoms with Gasteiger partial charge in [0.2, 0.25) is 23.6 Å². The first-order valence-electron chi connectivity index (χ1n) is 14.0. The van der Waals surface area contributed by atoms with Crippen molar-refractivity contribution in [3.05, 3.63) is 0 Å². The van der Waals surface area contributed by atoms with E-state index in [1.165, 1.54) is 18.7 Å². The number of Topliss-reactive ketones (excluding diaryl/α,β-unsaturated/α-hetero) is 1. The molecule has 4 N–H and O–H groups in total. The first-order valence-corrected chi connectivity index (χ1v) is 14.0. The molecule has 0 spiro atoms. The van der Waals surface area contributed by atoms with E-state index in [9.17, 15) is 29.1 Å². The molecule has 1 fully saturated rings. The van der Waals surface area contributed by atoms with Crippen LogP contribution in [0.25, 0.3) is 0 Å². The van der Waals surface area contributed by atoms with Crippen LogP contribution in [-0.4, -0.2) is 88.9 Å². The summed E-state index contributed by atoms with van der Waals surface area (Å²) in [7, 11) is 1.55. The second kappa shape index (κ2) is 14.7. The van der Waals surface area contributed by atoms with E-state index < -0.39 is 53.6 Å². The minimum atomic E-state index is -1.36. The number of ketones is 1. The monoisotopic (exact) mass is 554 g/mol. The van der Waals surface area contributed by atoms with Crippen LogP contribution in [0.5, 0.6) is 0 Å². The van der Waals surface area contributed by atoms with Gasteiger partial charge < -0.3 is 30.7 Å². The Labute approximate surface area is 233 Å². The Bertz CT molecular complexity index is 887. The Hall–Kier alpha value is -2.53. The van der Waals surface area contributed by atoms with Crippen molar-refractivity contribution < 1.29 is 33.8 Å². The smallest absolute Gasteiger partial charge is 0.245 e. The van der Waals surface area contributed by atoms with Crippen molar-refractivity contribution in [3.63, 3.8) is 0 Å². The molecule has 4 amide bonds. The van der Waals surface area contributed by atoms with E-state index in [4.69, 9.17) is 4.74 Å². The van der Waals surface area contributed by atoms with E-state index in [1.54, 1.807) is 20.9 Å². The third kappa shape index (κ3) is 9.56. The molecule has 3 unspecified atom stereocenters. The van der Waals surface area contributed by atoms with Crippen LogP contribution < -0.4 is 16.0 Å². The number of hydrogen-bond donors (Lipinski definition) is 4. The Morgan fingerprint density at radius 1 is 0.872 bits per heavy atom. The van der Waals surface area contributed by atoms with Crippen LogP contribution in [0.1, 0.15) is 81.6 Å². The fraction of sp³-hybridized carbons (Fsp3) is 0.821. The highest BCUT2D eigenvalue weighted by atomic mass is 16.6. The molecule has 8 atom stereocenters. The topological polar surface area (TPSA) is 157 Å². The van der Waals surface area contributed by atoms with Gasteiger partial charge in [0.05, 0.1) is 18.8 Å². The molecule has 11 heteroatoms. The number of hydrogen-bond acceptors (Lipinski definition) is 7. The highest BCUT2D eigenvalue weighted by molar-refractivity contribution is 5.99. The SMILES string of the molecule is CCC(C)C(NC(=O)[C@H]([C@@H](C)CC)N(C)C(C)=O)C(=O)N[C@H](C(=O)NC(CC(C)C)C(=O)[C@@]1(C)CO1)[C@@H](C)O. The van der Waals surface area contributed by atoms with Crippen molar-refractivity contribution in [3.8, 4) is 0 Å². The summed E-state index contributed by atoms with van der Waals surface area (Å²) < 4.78 is 5.27. The number of ether oxygens (including phenoxy) is 1. The van der Waals surface area contributed by atoms with Crippen LogP contribution in [0.3, 0.4) is 0 Å². The molecular weight excluding hydrogens is 504 g/mol. The predicted molar refractivity (Wildman–Crippen MR) is 147 cm³/mol. The quantitative estimate of drug-likeness (QED) is 0.209. The summed E-state index contributed by atoms with van der Waals surface area (Å²) in [4.78, 5) is 66.4. The van der Waals surface area contributed by atoms with Gasteiger partial charge in [-0.1, -0.05) is 54.4 Å². The van der Waals surface area contributed by atoms with Gasteiger partial charge in [-0.15, -0.1) is 0 Å². The maximum absolute atomic E-state index is 13.4. The normalized spacial score (nSPS) is 21.9. The van der Waals surface area contributed by atoms with Crippen molar-refractivity contribution in [1.29, 1.82) is 0 Å². The lowest BCUT2D eigenvalue weighted by Crippen LogP contribution is -2.62. The molecule has 1 saturated heterocycles. The molecule has 39 heavy (non-hydrogen) atoms. The summed E-state index contributed by atoms with van der Waals surface area (Å²) in [5, 5.41) is 18.5. The summed E-state index contributed by atoms with van der Waals surface area (Å²) in [6.45, 7) is 16.0. The number of carbonyl (C=O) groups is 5. The zero-order valence-corrected chi connectivity index (χ0v) is 25.3. The fourth-order valence-corrected chi connectivity index (χ4v) is 4.41. The van der Waals surface area contributed by atoms with Crippen molar-refractivity contribution in [1.82, 2.24) is 20.9 Å². The molecule has 1 heterocycles. The molecule has 0 aliphatic carbocycles. The van der Waals surface area contributed by atoms with Crippen LogP contribution >= 0.6 is 0 Å². The van der Waals surface area contributed by atoms with E-state index in [0.29, 0.717) is 19.3 Å². The summed E-state index contributed by atoms with van der Waals surface area (Å²) >= 11 is 0. The summed E-state index contributed by atoms with van der Waals surface area (Å²) in [5.41, 5.74) is -0.943. The molecule has 0 aromatic carbocycles. The Balaban J connectivity index is 3.15. The van der Waals surface area contributed by atoms with E-state index in [1.807, 2.05) is 34.6 Å². The highest BCUT2D eigenvalue weighted by Gasteiger charge is 2.50. The molecule has 0 bridgehead atoms. The summed E-state index contributed by atoms with van der Waals surface area (Å²) in [6.07, 6.45) is 0.280. The average Bonchev–Trinajstić information content (AvgIpc) is 3.61. The van der Waals surface area contributed by atoms with Gasteiger partial charge in [0, 0.05) is 14.0 Å². The molecule has 0 aromatic heterocycles. The van der Waals surface area contributed by atoms with Gasteiger partial charge >= 0.3 is 0 Å². The van der Waals surface area contributed by atoms with E-state index in [0.717, 1.165) is 0 Å². The number of carbonyl (C=O) groups excluding carboxylic acids is 5. The van der Waals surface area contributed by atoms with Gasteiger partial charge in [-0.2, -0.15) is 0 Å². The third-order valence-electron chi connectivity index (χ3n) is 7.66. The van der Waals surface area contributed by atoms with Crippen molar-refractivity contribution in [2.45, 2.75) is 117 Å². The number of nitrogens with one attached hydrogen (secondary N) is 3. The van der Waals surface area contributed by atoms with Crippen LogP contribution in [0.4, 0.5) is 0 Å². The van der Waals surface area contributed by atoms with E-state index >= 15 is 0 Å². The van der Waals surface area contributed by atoms with Crippen LogP contribution in [0.2, 0.25) is 0 Å². The maximum atomic E-state index is 13.4. The number of epoxide rings is 1. The summed E-state index contributed by atoms with van der Waals surface area (Å²) in [6, 6.07) is -4.00. The maximum Gasteiger partial charge on any atom is 0.245 e. The van der Waals surface area contributed by atoms with E-state index in [-0.39, 0.29) is 36.1 Å². The number of rotatable bonds is 16. The van der Waals surface area contributed by atoms with Gasteiger partial charge in [-0.3, -0.25) is 24.0 Å².